The molecule has 0 saturated carbocycles. The standard InChI is InChI=1S/C19H22BrNO2/c1-12-6-11-16(13(2)17(12)23-5)21-18(22)19(3,4)14-7-9-15(20)10-8-14/h6-11H,1-5H3,(H,21,22). The Kier molecular flexibility index (Phi) is 5.15. The van der Waals surface area contributed by atoms with Crippen LogP contribution in [-0.2, 0) is 10.2 Å². The Morgan fingerprint density at radius 1 is 1.09 bits per heavy atom. The van der Waals surface area contributed by atoms with Crippen molar-refractivity contribution in [2.45, 2.75) is 33.1 Å². The lowest BCUT2D eigenvalue weighted by Gasteiger charge is -2.25. The molecule has 4 heteroatoms. The van der Waals surface area contributed by atoms with Crippen LogP contribution in [0.2, 0.25) is 0 Å². The molecule has 0 radical (unpaired) electrons. The summed E-state index contributed by atoms with van der Waals surface area (Å²) in [5.74, 6) is 0.762. The molecule has 23 heavy (non-hydrogen) atoms. The zero-order chi connectivity index (χ0) is 17.2. The maximum absolute atomic E-state index is 12.8. The summed E-state index contributed by atoms with van der Waals surface area (Å²) in [6, 6.07) is 11.7. The molecule has 2 aromatic rings. The number of aryl methyl sites for hydroxylation is 1. The number of hydrogen-bond donors (Lipinski definition) is 1. The third kappa shape index (κ3) is 3.58. The number of methoxy groups -OCH3 is 1. The zero-order valence-electron chi connectivity index (χ0n) is 14.2. The largest absolute Gasteiger partial charge is 0.496 e. The van der Waals surface area contributed by atoms with Gasteiger partial charge in [-0.1, -0.05) is 34.1 Å². The van der Waals surface area contributed by atoms with Crippen LogP contribution in [0.25, 0.3) is 0 Å². The second kappa shape index (κ2) is 6.75. The number of anilines is 1. The molecule has 2 aromatic carbocycles. The lowest BCUT2D eigenvalue weighted by atomic mass is 9.83. The van der Waals surface area contributed by atoms with Crippen molar-refractivity contribution in [3.8, 4) is 5.75 Å². The third-order valence-corrected chi connectivity index (χ3v) is 4.72. The number of amides is 1. The van der Waals surface area contributed by atoms with E-state index in [1.165, 1.54) is 0 Å². The molecule has 3 nitrogen and oxygen atoms in total. The summed E-state index contributed by atoms with van der Waals surface area (Å²) in [6.07, 6.45) is 0. The SMILES string of the molecule is COc1c(C)ccc(NC(=O)C(C)(C)c2ccc(Br)cc2)c1C. The first kappa shape index (κ1) is 17.5. The summed E-state index contributed by atoms with van der Waals surface area (Å²) in [7, 11) is 1.65. The molecule has 0 heterocycles. The Labute approximate surface area is 146 Å². The van der Waals surface area contributed by atoms with Gasteiger partial charge in [-0.15, -0.1) is 0 Å². The van der Waals surface area contributed by atoms with E-state index in [0.29, 0.717) is 0 Å². The predicted octanol–water partition coefficient (Wildman–Crippen LogP) is 4.99. The number of halogens is 1. The Morgan fingerprint density at radius 3 is 2.26 bits per heavy atom. The Hall–Kier alpha value is -1.81. The molecule has 0 fully saturated rings. The highest BCUT2D eigenvalue weighted by Crippen LogP contribution is 2.31. The molecule has 0 aliphatic carbocycles. The minimum atomic E-state index is -0.634. The Balaban J connectivity index is 2.29. The zero-order valence-corrected chi connectivity index (χ0v) is 15.7. The number of hydrogen-bond acceptors (Lipinski definition) is 2. The van der Waals surface area contributed by atoms with Gasteiger partial charge in [-0.25, -0.2) is 0 Å². The summed E-state index contributed by atoms with van der Waals surface area (Å²) in [5, 5.41) is 3.03. The molecule has 1 N–H and O–H groups in total. The van der Waals surface area contributed by atoms with Crippen LogP contribution in [-0.4, -0.2) is 13.0 Å². The molecule has 0 aromatic heterocycles. The van der Waals surface area contributed by atoms with E-state index >= 15 is 0 Å². The lowest BCUT2D eigenvalue weighted by Crippen LogP contribution is -2.34. The van der Waals surface area contributed by atoms with Crippen LogP contribution >= 0.6 is 15.9 Å². The van der Waals surface area contributed by atoms with Crippen molar-refractivity contribution in [2.75, 3.05) is 12.4 Å². The molecule has 0 atom stereocenters. The molecule has 0 bridgehead atoms. The Morgan fingerprint density at radius 2 is 1.70 bits per heavy atom. The van der Waals surface area contributed by atoms with Crippen molar-refractivity contribution in [1.82, 2.24) is 0 Å². The maximum atomic E-state index is 12.8. The normalized spacial score (nSPS) is 11.2. The van der Waals surface area contributed by atoms with Gasteiger partial charge in [0.1, 0.15) is 5.75 Å². The Bertz CT molecular complexity index is 721. The molecule has 0 saturated heterocycles. The highest BCUT2D eigenvalue weighted by Gasteiger charge is 2.30. The first-order valence-corrected chi connectivity index (χ1v) is 8.28. The fraction of sp³-hybridized carbons (Fsp3) is 0.316. The number of nitrogens with one attached hydrogen (secondary N) is 1. The van der Waals surface area contributed by atoms with E-state index in [2.05, 4.69) is 21.2 Å². The van der Waals surface area contributed by atoms with E-state index in [-0.39, 0.29) is 5.91 Å². The molecular formula is C19H22BrNO2. The van der Waals surface area contributed by atoms with Gasteiger partial charge in [0.2, 0.25) is 5.91 Å². The molecule has 0 aliphatic rings. The lowest BCUT2D eigenvalue weighted by molar-refractivity contribution is -0.120. The molecular weight excluding hydrogens is 354 g/mol. The van der Waals surface area contributed by atoms with E-state index in [9.17, 15) is 4.79 Å². The minimum absolute atomic E-state index is 0.0474. The monoisotopic (exact) mass is 375 g/mol. The van der Waals surface area contributed by atoms with Crippen LogP contribution in [0, 0.1) is 13.8 Å². The van der Waals surface area contributed by atoms with E-state index in [1.807, 2.05) is 64.1 Å². The van der Waals surface area contributed by atoms with Gasteiger partial charge < -0.3 is 10.1 Å². The van der Waals surface area contributed by atoms with Crippen molar-refractivity contribution in [1.29, 1.82) is 0 Å². The van der Waals surface area contributed by atoms with Crippen molar-refractivity contribution in [3.63, 3.8) is 0 Å². The summed E-state index contributed by atoms with van der Waals surface area (Å²) in [5.41, 5.74) is 3.10. The van der Waals surface area contributed by atoms with Crippen LogP contribution in [0.5, 0.6) is 5.75 Å². The van der Waals surface area contributed by atoms with Crippen molar-refractivity contribution in [2.24, 2.45) is 0 Å². The molecule has 0 aliphatic heterocycles. The molecule has 0 unspecified atom stereocenters. The van der Waals surface area contributed by atoms with Gasteiger partial charge in [0.05, 0.1) is 12.5 Å². The number of ether oxygens (including phenoxy) is 1. The van der Waals surface area contributed by atoms with E-state index < -0.39 is 5.41 Å². The summed E-state index contributed by atoms with van der Waals surface area (Å²) < 4.78 is 6.42. The van der Waals surface area contributed by atoms with E-state index in [0.717, 1.165) is 32.6 Å². The molecule has 0 spiro atoms. The van der Waals surface area contributed by atoms with Crippen molar-refractivity contribution >= 4 is 27.5 Å². The van der Waals surface area contributed by atoms with E-state index in [1.54, 1.807) is 7.11 Å². The second-order valence-electron chi connectivity index (χ2n) is 6.17. The van der Waals surface area contributed by atoms with Crippen LogP contribution in [0.1, 0.15) is 30.5 Å². The highest BCUT2D eigenvalue weighted by molar-refractivity contribution is 9.10. The van der Waals surface area contributed by atoms with Crippen molar-refractivity contribution in [3.05, 3.63) is 57.6 Å². The molecule has 2 rings (SSSR count). The summed E-state index contributed by atoms with van der Waals surface area (Å²) in [6.45, 7) is 7.79. The van der Waals surface area contributed by atoms with Gasteiger partial charge in [-0.05, 0) is 57.0 Å². The average Bonchev–Trinajstić information content (AvgIpc) is 2.51. The van der Waals surface area contributed by atoms with Crippen LogP contribution in [0.15, 0.2) is 40.9 Å². The molecule has 1 amide bonds. The van der Waals surface area contributed by atoms with Gasteiger partial charge >= 0.3 is 0 Å². The summed E-state index contributed by atoms with van der Waals surface area (Å²) in [4.78, 5) is 12.8. The van der Waals surface area contributed by atoms with Gasteiger partial charge in [0.25, 0.3) is 0 Å². The first-order chi connectivity index (χ1) is 10.8. The third-order valence-electron chi connectivity index (χ3n) is 4.19. The molecule has 122 valence electrons. The second-order valence-corrected chi connectivity index (χ2v) is 7.09. The number of carbonyl (C=O) groups is 1. The van der Waals surface area contributed by atoms with Crippen molar-refractivity contribution < 1.29 is 9.53 Å². The fourth-order valence-corrected chi connectivity index (χ4v) is 2.82. The highest BCUT2D eigenvalue weighted by atomic mass is 79.9. The minimum Gasteiger partial charge on any atom is -0.496 e. The van der Waals surface area contributed by atoms with E-state index in [4.69, 9.17) is 4.74 Å². The number of rotatable bonds is 4. The van der Waals surface area contributed by atoms with Gasteiger partial charge in [0.15, 0.2) is 0 Å². The first-order valence-electron chi connectivity index (χ1n) is 7.49. The van der Waals surface area contributed by atoms with Gasteiger partial charge in [-0.3, -0.25) is 4.79 Å². The fourth-order valence-electron chi connectivity index (χ4n) is 2.55. The number of carbonyl (C=O) groups excluding carboxylic acids is 1. The van der Waals surface area contributed by atoms with Gasteiger partial charge in [-0.2, -0.15) is 0 Å². The van der Waals surface area contributed by atoms with Gasteiger partial charge in [0, 0.05) is 15.7 Å². The topological polar surface area (TPSA) is 38.3 Å². The quantitative estimate of drug-likeness (QED) is 0.816. The van der Waals surface area contributed by atoms with Crippen LogP contribution < -0.4 is 10.1 Å². The average molecular weight is 376 g/mol. The summed E-state index contributed by atoms with van der Waals surface area (Å²) >= 11 is 3.42. The number of benzene rings is 2. The van der Waals surface area contributed by atoms with Crippen LogP contribution in [0.3, 0.4) is 0 Å². The maximum Gasteiger partial charge on any atom is 0.234 e. The van der Waals surface area contributed by atoms with Crippen LogP contribution in [0.4, 0.5) is 5.69 Å². The smallest absolute Gasteiger partial charge is 0.234 e. The predicted molar refractivity (Wildman–Crippen MR) is 98.3 cm³/mol.